The maximum Gasteiger partial charge on any atom is 0.416 e. The Morgan fingerprint density at radius 2 is 1.84 bits per heavy atom. The van der Waals surface area contributed by atoms with Crippen LogP contribution in [0.1, 0.15) is 31.7 Å². The van der Waals surface area contributed by atoms with Crippen molar-refractivity contribution in [2.24, 2.45) is 5.92 Å². The zero-order valence-corrected chi connectivity index (χ0v) is 14.4. The van der Waals surface area contributed by atoms with E-state index in [1.54, 1.807) is 0 Å². The van der Waals surface area contributed by atoms with Gasteiger partial charge in [0.15, 0.2) is 6.61 Å². The molecule has 4 nitrogen and oxygen atoms in total. The first kappa shape index (κ1) is 19.6. The van der Waals surface area contributed by atoms with Gasteiger partial charge in [-0.05, 0) is 56.1 Å². The molecule has 140 valence electrons. The van der Waals surface area contributed by atoms with E-state index in [2.05, 4.69) is 17.1 Å². The number of likely N-dealkylation sites (tertiary alicyclic amines) is 1. The van der Waals surface area contributed by atoms with Gasteiger partial charge in [-0.25, -0.2) is 0 Å². The van der Waals surface area contributed by atoms with Crippen LogP contribution < -0.4 is 10.1 Å². The number of piperidine rings is 1. The summed E-state index contributed by atoms with van der Waals surface area (Å²) in [7, 11) is 0. The normalized spacial score (nSPS) is 17.1. The molecule has 1 fully saturated rings. The number of carbonyl (C=O) groups is 1. The van der Waals surface area contributed by atoms with Crippen LogP contribution in [-0.4, -0.2) is 43.6 Å². The molecule has 1 atom stereocenters. The molecule has 1 aromatic carbocycles. The summed E-state index contributed by atoms with van der Waals surface area (Å²) in [6.07, 6.45) is -0.608. The molecule has 1 heterocycles. The first-order valence-corrected chi connectivity index (χ1v) is 8.63. The van der Waals surface area contributed by atoms with Crippen molar-refractivity contribution in [2.75, 3.05) is 32.8 Å². The molecule has 0 radical (unpaired) electrons. The van der Waals surface area contributed by atoms with E-state index in [-0.39, 0.29) is 18.3 Å². The van der Waals surface area contributed by atoms with Gasteiger partial charge >= 0.3 is 6.18 Å². The minimum absolute atomic E-state index is 0.207. The molecule has 0 aliphatic carbocycles. The minimum atomic E-state index is -4.37. The molecular weight excluding hydrogens is 333 g/mol. The number of benzene rings is 1. The Kier molecular flexibility index (Phi) is 7.11. The zero-order valence-electron chi connectivity index (χ0n) is 14.4. The fraction of sp³-hybridized carbons (Fsp3) is 0.611. The Balaban J connectivity index is 1.66. The van der Waals surface area contributed by atoms with Gasteiger partial charge in [0, 0.05) is 13.1 Å². The third-order valence-electron chi connectivity index (χ3n) is 4.22. The molecule has 0 saturated carbocycles. The molecule has 0 aromatic heterocycles. The predicted molar refractivity (Wildman–Crippen MR) is 89.4 cm³/mol. The third kappa shape index (κ3) is 6.94. The number of ether oxygens (including phenoxy) is 1. The summed E-state index contributed by atoms with van der Waals surface area (Å²) >= 11 is 0. The summed E-state index contributed by atoms with van der Waals surface area (Å²) in [4.78, 5) is 14.2. The number of rotatable bonds is 7. The van der Waals surface area contributed by atoms with Crippen LogP contribution in [0.25, 0.3) is 0 Å². The van der Waals surface area contributed by atoms with Crippen molar-refractivity contribution in [3.8, 4) is 5.75 Å². The number of carbonyl (C=O) groups excluding carboxylic acids is 1. The number of hydrogen-bond donors (Lipinski definition) is 1. The van der Waals surface area contributed by atoms with E-state index in [1.165, 1.54) is 31.4 Å². The van der Waals surface area contributed by atoms with Crippen molar-refractivity contribution < 1.29 is 22.7 Å². The molecule has 7 heteroatoms. The second-order valence-corrected chi connectivity index (χ2v) is 6.58. The second kappa shape index (κ2) is 9.08. The van der Waals surface area contributed by atoms with E-state index >= 15 is 0 Å². The van der Waals surface area contributed by atoms with Crippen molar-refractivity contribution in [1.82, 2.24) is 10.2 Å². The van der Waals surface area contributed by atoms with Crippen molar-refractivity contribution in [3.63, 3.8) is 0 Å². The lowest BCUT2D eigenvalue weighted by molar-refractivity contribution is -0.137. The lowest BCUT2D eigenvalue weighted by atomic mass is 10.1. The quantitative estimate of drug-likeness (QED) is 0.813. The van der Waals surface area contributed by atoms with Gasteiger partial charge in [0.05, 0.1) is 5.56 Å². The van der Waals surface area contributed by atoms with Crippen LogP contribution in [0.4, 0.5) is 13.2 Å². The molecule has 2 rings (SSSR count). The molecule has 25 heavy (non-hydrogen) atoms. The first-order chi connectivity index (χ1) is 11.8. The van der Waals surface area contributed by atoms with E-state index in [0.29, 0.717) is 12.5 Å². The molecule has 1 aromatic rings. The number of halogens is 3. The Hall–Kier alpha value is -1.76. The van der Waals surface area contributed by atoms with Gasteiger partial charge in [-0.15, -0.1) is 0 Å². The van der Waals surface area contributed by atoms with E-state index < -0.39 is 11.7 Å². The number of nitrogens with zero attached hydrogens (tertiary/aromatic N) is 1. The van der Waals surface area contributed by atoms with Crippen LogP contribution >= 0.6 is 0 Å². The molecule has 1 saturated heterocycles. The van der Waals surface area contributed by atoms with Gasteiger partial charge in [-0.1, -0.05) is 13.3 Å². The van der Waals surface area contributed by atoms with Crippen LogP contribution in [-0.2, 0) is 11.0 Å². The first-order valence-electron chi connectivity index (χ1n) is 8.63. The van der Waals surface area contributed by atoms with Crippen LogP contribution in [0.15, 0.2) is 24.3 Å². The topological polar surface area (TPSA) is 41.6 Å². The van der Waals surface area contributed by atoms with Gasteiger partial charge < -0.3 is 15.0 Å². The lowest BCUT2D eigenvalue weighted by Gasteiger charge is -2.29. The van der Waals surface area contributed by atoms with Gasteiger partial charge in [0.25, 0.3) is 5.91 Å². The summed E-state index contributed by atoms with van der Waals surface area (Å²) in [5.41, 5.74) is -0.740. The third-order valence-corrected chi connectivity index (χ3v) is 4.22. The number of alkyl halides is 3. The lowest BCUT2D eigenvalue weighted by Crippen LogP contribution is -2.39. The molecule has 1 amide bonds. The monoisotopic (exact) mass is 358 g/mol. The number of amides is 1. The van der Waals surface area contributed by atoms with Crippen molar-refractivity contribution in [1.29, 1.82) is 0 Å². The maximum absolute atomic E-state index is 12.5. The highest BCUT2D eigenvalue weighted by Crippen LogP contribution is 2.30. The highest BCUT2D eigenvalue weighted by atomic mass is 19.4. The molecular formula is C18H25F3N2O2. The van der Waals surface area contributed by atoms with Gasteiger partial charge in [0.2, 0.25) is 0 Å². The van der Waals surface area contributed by atoms with E-state index in [9.17, 15) is 18.0 Å². The Morgan fingerprint density at radius 1 is 1.20 bits per heavy atom. The van der Waals surface area contributed by atoms with E-state index in [1.807, 2.05) is 0 Å². The summed E-state index contributed by atoms with van der Waals surface area (Å²) in [6, 6.07) is 4.31. The standard InChI is InChI=1S/C18H25F3N2O2/c1-14(12-23-9-3-2-4-10-23)11-22-17(24)13-25-16-7-5-15(6-8-16)18(19,20)21/h5-8,14H,2-4,9-13H2,1H3,(H,22,24). The molecule has 0 spiro atoms. The summed E-state index contributed by atoms with van der Waals surface area (Å²) < 4.78 is 42.6. The van der Waals surface area contributed by atoms with Crippen LogP contribution in [0.2, 0.25) is 0 Å². The average molecular weight is 358 g/mol. The highest BCUT2D eigenvalue weighted by molar-refractivity contribution is 5.77. The fourth-order valence-corrected chi connectivity index (χ4v) is 2.88. The van der Waals surface area contributed by atoms with Crippen LogP contribution in [0, 0.1) is 5.92 Å². The molecule has 0 bridgehead atoms. The number of hydrogen-bond acceptors (Lipinski definition) is 3. The van der Waals surface area contributed by atoms with Gasteiger partial charge in [-0.3, -0.25) is 4.79 Å². The minimum Gasteiger partial charge on any atom is -0.484 e. The highest BCUT2D eigenvalue weighted by Gasteiger charge is 2.30. The van der Waals surface area contributed by atoms with Gasteiger partial charge in [0.1, 0.15) is 5.75 Å². The Bertz CT molecular complexity index is 540. The molecule has 1 aliphatic rings. The van der Waals surface area contributed by atoms with Crippen LogP contribution in [0.5, 0.6) is 5.75 Å². The summed E-state index contributed by atoms with van der Waals surface area (Å²) in [5.74, 6) is 0.308. The predicted octanol–water partition coefficient (Wildman–Crippen LogP) is 3.32. The van der Waals surface area contributed by atoms with E-state index in [0.717, 1.165) is 31.8 Å². The summed E-state index contributed by atoms with van der Waals surface area (Å²) in [5, 5.41) is 2.81. The van der Waals surface area contributed by atoms with Crippen molar-refractivity contribution >= 4 is 5.91 Å². The molecule has 1 aliphatic heterocycles. The number of nitrogens with one attached hydrogen (secondary N) is 1. The zero-order chi connectivity index (χ0) is 18.3. The van der Waals surface area contributed by atoms with Crippen LogP contribution in [0.3, 0.4) is 0 Å². The van der Waals surface area contributed by atoms with Crippen molar-refractivity contribution in [2.45, 2.75) is 32.4 Å². The Labute approximate surface area is 146 Å². The molecule has 1 unspecified atom stereocenters. The van der Waals surface area contributed by atoms with Crippen molar-refractivity contribution in [3.05, 3.63) is 29.8 Å². The largest absolute Gasteiger partial charge is 0.484 e. The smallest absolute Gasteiger partial charge is 0.416 e. The average Bonchev–Trinajstić information content (AvgIpc) is 2.58. The summed E-state index contributed by atoms with van der Waals surface area (Å²) in [6.45, 7) is 5.64. The Morgan fingerprint density at radius 3 is 2.44 bits per heavy atom. The fourth-order valence-electron chi connectivity index (χ4n) is 2.88. The van der Waals surface area contributed by atoms with Gasteiger partial charge in [-0.2, -0.15) is 13.2 Å². The van der Waals surface area contributed by atoms with E-state index in [4.69, 9.17) is 4.74 Å². The maximum atomic E-state index is 12.5. The molecule has 1 N–H and O–H groups in total. The second-order valence-electron chi connectivity index (χ2n) is 6.58. The SMILES string of the molecule is CC(CNC(=O)COc1ccc(C(F)(F)F)cc1)CN1CCCCC1.